The van der Waals surface area contributed by atoms with Gasteiger partial charge in [-0.1, -0.05) is 24.3 Å². The van der Waals surface area contributed by atoms with Crippen molar-refractivity contribution in [2.75, 3.05) is 0 Å². The molecule has 1 aliphatic carbocycles. The molecule has 0 spiro atoms. The van der Waals surface area contributed by atoms with Gasteiger partial charge in [0.2, 0.25) is 0 Å². The quantitative estimate of drug-likeness (QED) is 0.776. The minimum Gasteiger partial charge on any atom is -0.444 e. The third-order valence-corrected chi connectivity index (χ3v) is 5.06. The lowest BCUT2D eigenvalue weighted by Crippen LogP contribution is -2.52. The van der Waals surface area contributed by atoms with Crippen LogP contribution in [0, 0.1) is 5.92 Å². The molecule has 0 aliphatic heterocycles. The zero-order valence-electron chi connectivity index (χ0n) is 14.4. The number of nitrogens with one attached hydrogen (secondary N) is 2. The van der Waals surface area contributed by atoms with E-state index in [9.17, 15) is 18.0 Å². The molecular weight excluding hydrogens is 344 g/mol. The van der Waals surface area contributed by atoms with Crippen molar-refractivity contribution in [3.63, 3.8) is 0 Å². The van der Waals surface area contributed by atoms with Gasteiger partial charge in [-0.25, -0.2) is 17.9 Å². The molecule has 8 heteroatoms. The first-order chi connectivity index (χ1) is 11.5. The van der Waals surface area contributed by atoms with E-state index in [1.807, 2.05) is 4.72 Å². The zero-order chi connectivity index (χ0) is 18.9. The molecule has 0 bridgehead atoms. The van der Waals surface area contributed by atoms with Crippen molar-refractivity contribution >= 4 is 22.0 Å². The van der Waals surface area contributed by atoms with E-state index < -0.39 is 33.2 Å². The molecule has 7 nitrogen and oxygen atoms in total. The molecule has 1 aliphatic rings. The fraction of sp³-hybridized carbons (Fsp3) is 0.412. The predicted molar refractivity (Wildman–Crippen MR) is 92.2 cm³/mol. The van der Waals surface area contributed by atoms with Gasteiger partial charge in [-0.3, -0.25) is 4.79 Å². The monoisotopic (exact) mass is 366 g/mol. The van der Waals surface area contributed by atoms with E-state index in [4.69, 9.17) is 4.74 Å². The Morgan fingerprint density at radius 2 is 1.88 bits per heavy atom. The highest BCUT2D eigenvalue weighted by Crippen LogP contribution is 2.45. The Labute approximate surface area is 147 Å². The molecule has 0 radical (unpaired) electrons. The molecule has 0 heterocycles. The number of alkyl carbamates (subject to hydrolysis) is 1. The Bertz CT molecular complexity index is 783. The highest BCUT2D eigenvalue weighted by Gasteiger charge is 2.61. The van der Waals surface area contributed by atoms with Crippen LogP contribution >= 0.6 is 0 Å². The van der Waals surface area contributed by atoms with Gasteiger partial charge >= 0.3 is 6.09 Å². The van der Waals surface area contributed by atoms with Crippen LogP contribution in [0.5, 0.6) is 0 Å². The number of rotatable bonds is 5. The van der Waals surface area contributed by atoms with Crippen LogP contribution in [0.1, 0.15) is 27.2 Å². The number of carbonyl (C=O) groups is 2. The maximum atomic E-state index is 12.6. The molecule has 0 aromatic heterocycles. The SMILES string of the molecule is C=C[C@@H]1C[C@]1(NC(=O)OC(C)(C)C)C(=O)NS(=O)(=O)c1ccccc1. The van der Waals surface area contributed by atoms with Gasteiger partial charge in [-0.2, -0.15) is 0 Å². The topological polar surface area (TPSA) is 102 Å². The first-order valence-corrected chi connectivity index (χ1v) is 9.24. The summed E-state index contributed by atoms with van der Waals surface area (Å²) >= 11 is 0. The summed E-state index contributed by atoms with van der Waals surface area (Å²) < 4.78 is 31.8. The second-order valence-corrected chi connectivity index (χ2v) is 8.57. The van der Waals surface area contributed by atoms with Crippen LogP contribution in [-0.2, 0) is 19.6 Å². The largest absolute Gasteiger partial charge is 0.444 e. The van der Waals surface area contributed by atoms with Gasteiger partial charge < -0.3 is 10.1 Å². The average molecular weight is 366 g/mol. The van der Waals surface area contributed by atoms with Crippen LogP contribution in [0.15, 0.2) is 47.9 Å². The number of hydrogen-bond acceptors (Lipinski definition) is 5. The summed E-state index contributed by atoms with van der Waals surface area (Å²) in [7, 11) is -4.03. The fourth-order valence-electron chi connectivity index (χ4n) is 2.39. The van der Waals surface area contributed by atoms with Gasteiger partial charge in [0.05, 0.1) is 4.90 Å². The van der Waals surface area contributed by atoms with E-state index in [1.54, 1.807) is 39.0 Å². The molecule has 0 saturated heterocycles. The van der Waals surface area contributed by atoms with Crippen molar-refractivity contribution in [1.29, 1.82) is 0 Å². The lowest BCUT2D eigenvalue weighted by Gasteiger charge is -2.23. The number of amides is 2. The van der Waals surface area contributed by atoms with Crippen LogP contribution in [0.2, 0.25) is 0 Å². The van der Waals surface area contributed by atoms with Gasteiger partial charge in [0.15, 0.2) is 0 Å². The minimum atomic E-state index is -4.03. The summed E-state index contributed by atoms with van der Waals surface area (Å²) in [5.41, 5.74) is -2.11. The molecular formula is C17H22N2O5S. The van der Waals surface area contributed by atoms with E-state index in [0.717, 1.165) is 0 Å². The number of carbonyl (C=O) groups excluding carboxylic acids is 2. The van der Waals surface area contributed by atoms with Crippen LogP contribution in [0.3, 0.4) is 0 Å². The van der Waals surface area contributed by atoms with Crippen LogP contribution in [0.25, 0.3) is 0 Å². The van der Waals surface area contributed by atoms with E-state index in [1.165, 1.54) is 18.2 Å². The van der Waals surface area contributed by atoms with Crippen LogP contribution in [-0.4, -0.2) is 31.6 Å². The van der Waals surface area contributed by atoms with Gasteiger partial charge in [0.1, 0.15) is 11.1 Å². The Kier molecular flexibility index (Phi) is 4.94. The fourth-order valence-corrected chi connectivity index (χ4v) is 3.45. The van der Waals surface area contributed by atoms with Crippen molar-refractivity contribution in [3.8, 4) is 0 Å². The van der Waals surface area contributed by atoms with E-state index in [0.29, 0.717) is 0 Å². The van der Waals surface area contributed by atoms with Gasteiger partial charge in [0.25, 0.3) is 15.9 Å². The molecule has 1 saturated carbocycles. The second-order valence-electron chi connectivity index (χ2n) is 6.89. The summed E-state index contributed by atoms with van der Waals surface area (Å²) in [5.74, 6) is -1.18. The molecule has 25 heavy (non-hydrogen) atoms. The van der Waals surface area contributed by atoms with Crippen LogP contribution < -0.4 is 10.0 Å². The maximum Gasteiger partial charge on any atom is 0.408 e. The van der Waals surface area contributed by atoms with E-state index in [-0.39, 0.29) is 17.2 Å². The molecule has 2 rings (SSSR count). The second kappa shape index (κ2) is 6.51. The smallest absolute Gasteiger partial charge is 0.408 e. The molecule has 0 unspecified atom stereocenters. The number of sulfonamides is 1. The molecule has 136 valence electrons. The zero-order valence-corrected chi connectivity index (χ0v) is 15.2. The lowest BCUT2D eigenvalue weighted by atomic mass is 10.2. The molecule has 1 fully saturated rings. The Hall–Kier alpha value is -2.35. The molecule has 1 aromatic carbocycles. The summed E-state index contributed by atoms with van der Waals surface area (Å²) in [4.78, 5) is 24.6. The summed E-state index contributed by atoms with van der Waals surface area (Å²) in [6, 6.07) is 7.53. The molecule has 2 N–H and O–H groups in total. The molecule has 1 aromatic rings. The van der Waals surface area contributed by atoms with Crippen LogP contribution in [0.4, 0.5) is 4.79 Å². The Morgan fingerprint density at radius 1 is 1.28 bits per heavy atom. The highest BCUT2D eigenvalue weighted by molar-refractivity contribution is 7.90. The van der Waals surface area contributed by atoms with Gasteiger partial charge in [0, 0.05) is 5.92 Å². The highest BCUT2D eigenvalue weighted by atomic mass is 32.2. The van der Waals surface area contributed by atoms with E-state index >= 15 is 0 Å². The molecule has 2 atom stereocenters. The minimum absolute atomic E-state index is 0.0356. The molecule has 2 amide bonds. The first-order valence-electron chi connectivity index (χ1n) is 7.76. The average Bonchev–Trinajstić information content (AvgIpc) is 3.20. The van der Waals surface area contributed by atoms with Gasteiger partial charge in [-0.05, 0) is 39.3 Å². The number of hydrogen-bond donors (Lipinski definition) is 2. The first kappa shape index (κ1) is 19.0. The Balaban J connectivity index is 2.16. The normalized spacial score (nSPS) is 22.6. The summed E-state index contributed by atoms with van der Waals surface area (Å²) in [6.45, 7) is 8.69. The van der Waals surface area contributed by atoms with E-state index in [2.05, 4.69) is 11.9 Å². The van der Waals surface area contributed by atoms with Crippen molar-refractivity contribution in [3.05, 3.63) is 43.0 Å². The van der Waals surface area contributed by atoms with Crippen molar-refractivity contribution in [2.24, 2.45) is 5.92 Å². The third kappa shape index (κ3) is 4.39. The number of ether oxygens (including phenoxy) is 1. The maximum absolute atomic E-state index is 12.6. The van der Waals surface area contributed by atoms with Crippen molar-refractivity contribution in [2.45, 2.75) is 43.2 Å². The third-order valence-electron chi connectivity index (χ3n) is 3.71. The lowest BCUT2D eigenvalue weighted by molar-refractivity contribution is -0.122. The Morgan fingerprint density at radius 3 is 2.36 bits per heavy atom. The van der Waals surface area contributed by atoms with Crippen molar-refractivity contribution < 1.29 is 22.7 Å². The summed E-state index contributed by atoms with van der Waals surface area (Å²) in [6.07, 6.45) is 0.974. The summed E-state index contributed by atoms with van der Waals surface area (Å²) in [5, 5.41) is 2.49. The van der Waals surface area contributed by atoms with Crippen molar-refractivity contribution in [1.82, 2.24) is 10.0 Å². The number of benzene rings is 1. The predicted octanol–water partition coefficient (Wildman–Crippen LogP) is 1.96. The standard InChI is InChI=1S/C17H22N2O5S/c1-5-12-11-17(12,18-15(21)24-16(2,3)4)14(20)19-25(22,23)13-9-7-6-8-10-13/h5-10,12H,1,11H2,2-4H3,(H,18,21)(H,19,20)/t12-,17-/m1/s1. The van der Waals surface area contributed by atoms with Gasteiger partial charge in [-0.15, -0.1) is 6.58 Å².